The number of rotatable bonds is 1. The third-order valence-corrected chi connectivity index (χ3v) is 1.30. The Morgan fingerprint density at radius 3 is 2.22 bits per heavy atom. The van der Waals surface area contributed by atoms with Gasteiger partial charge in [-0.1, -0.05) is 24.4 Å². The van der Waals surface area contributed by atoms with E-state index in [0.717, 1.165) is 5.56 Å². The number of hydrogen-bond acceptors (Lipinski definition) is 2. The van der Waals surface area contributed by atoms with Gasteiger partial charge in [-0.15, -0.1) is 0 Å². The SMILES string of the molecule is Oc1ccc(C=S)cc1. The molecule has 0 spiro atoms. The van der Waals surface area contributed by atoms with Crippen LogP contribution in [0.25, 0.3) is 0 Å². The molecule has 0 fully saturated rings. The van der Waals surface area contributed by atoms with E-state index in [4.69, 9.17) is 5.11 Å². The second-order valence-corrected chi connectivity index (χ2v) is 1.95. The quantitative estimate of drug-likeness (QED) is 0.596. The minimum atomic E-state index is 0.274. The van der Waals surface area contributed by atoms with Gasteiger partial charge in [0.15, 0.2) is 0 Å². The molecule has 0 amide bonds. The van der Waals surface area contributed by atoms with Crippen LogP contribution in [0.4, 0.5) is 0 Å². The first-order valence-electron chi connectivity index (χ1n) is 2.57. The molecule has 2 heteroatoms. The van der Waals surface area contributed by atoms with Crippen molar-refractivity contribution >= 4 is 17.6 Å². The van der Waals surface area contributed by atoms with Gasteiger partial charge in [-0.2, -0.15) is 0 Å². The largest absolute Gasteiger partial charge is 0.508 e. The third kappa shape index (κ3) is 1.50. The highest BCUT2D eigenvalue weighted by molar-refractivity contribution is 7.79. The molecule has 0 heterocycles. The van der Waals surface area contributed by atoms with Crippen molar-refractivity contribution in [2.24, 2.45) is 0 Å². The highest BCUT2D eigenvalue weighted by atomic mass is 32.1. The fourth-order valence-corrected chi connectivity index (χ4v) is 0.710. The van der Waals surface area contributed by atoms with Crippen LogP contribution in [-0.4, -0.2) is 10.5 Å². The van der Waals surface area contributed by atoms with Gasteiger partial charge in [0, 0.05) is 5.37 Å². The van der Waals surface area contributed by atoms with Gasteiger partial charge in [0.25, 0.3) is 0 Å². The van der Waals surface area contributed by atoms with E-state index >= 15 is 0 Å². The number of phenols is 1. The van der Waals surface area contributed by atoms with Crippen LogP contribution in [-0.2, 0) is 0 Å². The lowest BCUT2D eigenvalue weighted by molar-refractivity contribution is 0.475. The Hall–Kier alpha value is -0.890. The number of hydrogen-bond donors (Lipinski definition) is 1. The first-order valence-corrected chi connectivity index (χ1v) is 3.04. The molecule has 1 aromatic carbocycles. The van der Waals surface area contributed by atoms with Crippen molar-refractivity contribution in [3.63, 3.8) is 0 Å². The molecular weight excluding hydrogens is 132 g/mol. The highest BCUT2D eigenvalue weighted by Crippen LogP contribution is 2.07. The van der Waals surface area contributed by atoms with Gasteiger partial charge in [0.2, 0.25) is 0 Å². The molecule has 1 nitrogen and oxygen atoms in total. The molecule has 1 aromatic rings. The Kier molecular flexibility index (Phi) is 1.80. The first-order chi connectivity index (χ1) is 4.33. The smallest absolute Gasteiger partial charge is 0.115 e. The van der Waals surface area contributed by atoms with E-state index in [1.807, 2.05) is 0 Å². The van der Waals surface area contributed by atoms with Crippen molar-refractivity contribution in [2.75, 3.05) is 0 Å². The topological polar surface area (TPSA) is 20.2 Å². The van der Waals surface area contributed by atoms with Crippen LogP contribution in [0.5, 0.6) is 5.75 Å². The summed E-state index contributed by atoms with van der Waals surface area (Å²) in [5.41, 5.74) is 0.947. The van der Waals surface area contributed by atoms with Crippen molar-refractivity contribution in [3.05, 3.63) is 29.8 Å². The van der Waals surface area contributed by atoms with Crippen LogP contribution >= 0.6 is 12.2 Å². The second-order valence-electron chi connectivity index (χ2n) is 1.71. The molecule has 1 N–H and O–H groups in total. The average Bonchev–Trinajstić information content (AvgIpc) is 1.90. The molecule has 0 unspecified atom stereocenters. The Morgan fingerprint density at radius 2 is 1.78 bits per heavy atom. The lowest BCUT2D eigenvalue weighted by Crippen LogP contribution is -1.73. The molecule has 0 aromatic heterocycles. The van der Waals surface area contributed by atoms with E-state index in [0.29, 0.717) is 0 Å². The molecule has 46 valence electrons. The monoisotopic (exact) mass is 138 g/mol. The molecule has 9 heavy (non-hydrogen) atoms. The summed E-state index contributed by atoms with van der Waals surface area (Å²) < 4.78 is 0. The highest BCUT2D eigenvalue weighted by Gasteiger charge is 1.85. The molecule has 0 saturated heterocycles. The maximum atomic E-state index is 8.80. The van der Waals surface area contributed by atoms with Crippen molar-refractivity contribution < 1.29 is 5.11 Å². The maximum absolute atomic E-state index is 8.80. The zero-order valence-electron chi connectivity index (χ0n) is 4.74. The van der Waals surface area contributed by atoms with E-state index in [9.17, 15) is 0 Å². The molecule has 0 aliphatic heterocycles. The minimum absolute atomic E-state index is 0.274. The summed E-state index contributed by atoms with van der Waals surface area (Å²) in [7, 11) is 0. The molecule has 0 radical (unpaired) electrons. The number of aromatic hydroxyl groups is 1. The fourth-order valence-electron chi connectivity index (χ4n) is 0.553. The van der Waals surface area contributed by atoms with E-state index < -0.39 is 0 Å². The molecular formula is C7H6OS. The normalized spacial score (nSPS) is 8.89. The fraction of sp³-hybridized carbons (Fsp3) is 0. The van der Waals surface area contributed by atoms with Gasteiger partial charge < -0.3 is 5.11 Å². The van der Waals surface area contributed by atoms with E-state index in [-0.39, 0.29) is 5.75 Å². The predicted octanol–water partition coefficient (Wildman–Crippen LogP) is 1.74. The summed E-state index contributed by atoms with van der Waals surface area (Å²) in [6, 6.07) is 6.75. The van der Waals surface area contributed by atoms with Crippen LogP contribution in [0.3, 0.4) is 0 Å². The summed E-state index contributed by atoms with van der Waals surface area (Å²) in [5.74, 6) is 0.274. The van der Waals surface area contributed by atoms with Crippen LogP contribution in [0.2, 0.25) is 0 Å². The Morgan fingerprint density at radius 1 is 1.22 bits per heavy atom. The summed E-state index contributed by atoms with van der Waals surface area (Å²) in [4.78, 5) is 0. The number of phenolic OH excluding ortho intramolecular Hbond substituents is 1. The molecule has 1 rings (SSSR count). The molecule has 0 aliphatic carbocycles. The van der Waals surface area contributed by atoms with Crippen LogP contribution in [0.1, 0.15) is 5.56 Å². The van der Waals surface area contributed by atoms with Gasteiger partial charge in [-0.25, -0.2) is 0 Å². The van der Waals surface area contributed by atoms with Crippen LogP contribution in [0.15, 0.2) is 24.3 Å². The van der Waals surface area contributed by atoms with Gasteiger partial charge in [0.1, 0.15) is 5.75 Å². The first kappa shape index (κ1) is 6.23. The Balaban J connectivity index is 3.01. The lowest BCUT2D eigenvalue weighted by atomic mass is 10.2. The summed E-state index contributed by atoms with van der Waals surface area (Å²) in [6.07, 6.45) is 0. The Bertz CT molecular complexity index is 203. The lowest BCUT2D eigenvalue weighted by Gasteiger charge is -1.89. The van der Waals surface area contributed by atoms with Crippen molar-refractivity contribution in [2.45, 2.75) is 0 Å². The average molecular weight is 138 g/mol. The van der Waals surface area contributed by atoms with Crippen molar-refractivity contribution in [3.8, 4) is 5.75 Å². The zero-order valence-corrected chi connectivity index (χ0v) is 5.56. The number of thiocarbonyl (C=S) groups is 1. The zero-order chi connectivity index (χ0) is 6.69. The summed E-state index contributed by atoms with van der Waals surface area (Å²) in [6.45, 7) is 0. The molecule has 0 aliphatic rings. The van der Waals surface area contributed by atoms with Crippen molar-refractivity contribution in [1.82, 2.24) is 0 Å². The van der Waals surface area contributed by atoms with Gasteiger partial charge in [0.05, 0.1) is 0 Å². The predicted molar refractivity (Wildman–Crippen MR) is 40.9 cm³/mol. The van der Waals surface area contributed by atoms with Gasteiger partial charge in [-0.3, -0.25) is 0 Å². The van der Waals surface area contributed by atoms with E-state index in [2.05, 4.69) is 12.2 Å². The Labute approximate surface area is 58.9 Å². The van der Waals surface area contributed by atoms with Crippen LogP contribution in [0, 0.1) is 0 Å². The molecule has 0 atom stereocenters. The summed E-state index contributed by atoms with van der Waals surface area (Å²) in [5, 5.41) is 10.4. The second kappa shape index (κ2) is 2.60. The molecule has 0 saturated carbocycles. The molecule has 0 bridgehead atoms. The van der Waals surface area contributed by atoms with Crippen molar-refractivity contribution in [1.29, 1.82) is 0 Å². The van der Waals surface area contributed by atoms with Gasteiger partial charge in [-0.05, 0) is 17.7 Å². The minimum Gasteiger partial charge on any atom is -0.508 e. The van der Waals surface area contributed by atoms with E-state index in [1.54, 1.807) is 29.6 Å². The van der Waals surface area contributed by atoms with E-state index in [1.165, 1.54) is 0 Å². The summed E-state index contributed by atoms with van der Waals surface area (Å²) >= 11 is 4.66. The maximum Gasteiger partial charge on any atom is 0.115 e. The third-order valence-electron chi connectivity index (χ3n) is 1.03. The van der Waals surface area contributed by atoms with Crippen LogP contribution < -0.4 is 0 Å². The standard InChI is InChI=1S/C7H6OS/c8-7-3-1-6(5-9)2-4-7/h1-5,8H. The number of benzene rings is 1. The van der Waals surface area contributed by atoms with Gasteiger partial charge >= 0.3 is 0 Å².